The van der Waals surface area contributed by atoms with Crippen LogP contribution in [0.1, 0.15) is 29.1 Å². The van der Waals surface area contributed by atoms with E-state index in [0.717, 1.165) is 5.52 Å². The first-order valence-corrected chi connectivity index (χ1v) is 10.4. The highest BCUT2D eigenvalue weighted by molar-refractivity contribution is 6.33. The van der Waals surface area contributed by atoms with Gasteiger partial charge in [-0.05, 0) is 49.4 Å². The molecule has 1 aromatic heterocycles. The molecule has 1 atom stereocenters. The molecular weight excluding hydrogens is 431 g/mol. The smallest absolute Gasteiger partial charge is 0.253 e. The van der Waals surface area contributed by atoms with Crippen LogP contribution in [0.5, 0.6) is 0 Å². The number of nitrogens with zero attached hydrogens (tertiary/aromatic N) is 2. The Balaban J connectivity index is 1.60. The predicted octanol–water partition coefficient (Wildman–Crippen LogP) is 4.96. The highest BCUT2D eigenvalue weighted by Crippen LogP contribution is 2.22. The van der Waals surface area contributed by atoms with Crippen LogP contribution in [0.15, 0.2) is 72.8 Å². The number of anilines is 1. The van der Waals surface area contributed by atoms with Crippen LogP contribution in [0.2, 0.25) is 5.02 Å². The van der Waals surface area contributed by atoms with Crippen molar-refractivity contribution in [2.24, 2.45) is 0 Å². The number of aromatic nitrogens is 2. The maximum atomic E-state index is 13.4. The van der Waals surface area contributed by atoms with Crippen molar-refractivity contribution in [1.82, 2.24) is 14.9 Å². The van der Waals surface area contributed by atoms with Crippen molar-refractivity contribution in [1.29, 1.82) is 0 Å². The summed E-state index contributed by atoms with van der Waals surface area (Å²) in [7, 11) is 0. The number of para-hydroxylation sites is 2. The number of imidazole rings is 1. The molecule has 0 aliphatic heterocycles. The van der Waals surface area contributed by atoms with Crippen molar-refractivity contribution in [3.05, 3.63) is 95.0 Å². The number of amides is 2. The Morgan fingerprint density at radius 1 is 1.06 bits per heavy atom. The van der Waals surface area contributed by atoms with Crippen molar-refractivity contribution in [2.75, 3.05) is 5.32 Å². The first-order valence-electron chi connectivity index (χ1n) is 9.98. The van der Waals surface area contributed by atoms with Crippen LogP contribution in [-0.4, -0.2) is 21.4 Å². The maximum Gasteiger partial charge on any atom is 0.253 e. The Bertz CT molecular complexity index is 1300. The standard InChI is InChI=1S/C24H20ClFN4O2/c1-15(27-24(32)18-9-2-3-10-19(18)25)23-29-20-11-4-5-12-21(20)30(23)14-22(31)28-17-8-6-7-16(26)13-17/h2-13,15H,14H2,1H3,(H,27,32)(H,28,31). The quantitative estimate of drug-likeness (QED) is 0.436. The Morgan fingerprint density at radius 2 is 1.81 bits per heavy atom. The van der Waals surface area contributed by atoms with Gasteiger partial charge in [0, 0.05) is 5.69 Å². The molecule has 6 nitrogen and oxygen atoms in total. The summed E-state index contributed by atoms with van der Waals surface area (Å²) >= 11 is 6.14. The lowest BCUT2D eigenvalue weighted by molar-refractivity contribution is -0.116. The Morgan fingerprint density at radius 3 is 2.59 bits per heavy atom. The lowest BCUT2D eigenvalue weighted by Crippen LogP contribution is -2.30. The molecule has 0 aliphatic rings. The third-order valence-electron chi connectivity index (χ3n) is 4.95. The van der Waals surface area contributed by atoms with Gasteiger partial charge >= 0.3 is 0 Å². The monoisotopic (exact) mass is 450 g/mol. The zero-order valence-electron chi connectivity index (χ0n) is 17.2. The van der Waals surface area contributed by atoms with Crippen molar-refractivity contribution >= 4 is 40.1 Å². The molecule has 162 valence electrons. The molecule has 3 aromatic carbocycles. The second-order valence-electron chi connectivity index (χ2n) is 7.28. The van der Waals surface area contributed by atoms with E-state index >= 15 is 0 Å². The average Bonchev–Trinajstić information content (AvgIpc) is 3.12. The molecule has 2 N–H and O–H groups in total. The van der Waals surface area contributed by atoms with Crippen LogP contribution in [0, 0.1) is 5.82 Å². The van der Waals surface area contributed by atoms with Crippen LogP contribution in [-0.2, 0) is 11.3 Å². The molecule has 0 radical (unpaired) electrons. The van der Waals surface area contributed by atoms with E-state index in [1.807, 2.05) is 24.3 Å². The van der Waals surface area contributed by atoms with Gasteiger partial charge in [-0.25, -0.2) is 9.37 Å². The largest absolute Gasteiger partial charge is 0.342 e. The number of hydrogen-bond donors (Lipinski definition) is 2. The van der Waals surface area contributed by atoms with Crippen molar-refractivity contribution in [3.63, 3.8) is 0 Å². The van der Waals surface area contributed by atoms with Gasteiger partial charge in [0.25, 0.3) is 5.91 Å². The Kier molecular flexibility index (Phi) is 6.18. The molecule has 1 unspecified atom stereocenters. The van der Waals surface area contributed by atoms with Crippen LogP contribution >= 0.6 is 11.6 Å². The zero-order chi connectivity index (χ0) is 22.7. The molecule has 0 aliphatic carbocycles. The average molecular weight is 451 g/mol. The predicted molar refractivity (Wildman–Crippen MR) is 122 cm³/mol. The van der Waals surface area contributed by atoms with Gasteiger partial charge in [-0.2, -0.15) is 0 Å². The Hall–Kier alpha value is -3.71. The number of halogens is 2. The molecule has 4 aromatic rings. The first kappa shape index (κ1) is 21.5. The Labute approximate surface area is 189 Å². The molecule has 0 spiro atoms. The van der Waals surface area contributed by atoms with E-state index in [4.69, 9.17) is 11.6 Å². The highest BCUT2D eigenvalue weighted by atomic mass is 35.5. The van der Waals surface area contributed by atoms with Gasteiger partial charge in [0.05, 0.1) is 27.7 Å². The number of benzene rings is 3. The molecule has 0 fully saturated rings. The number of rotatable bonds is 6. The van der Waals surface area contributed by atoms with E-state index in [1.165, 1.54) is 18.2 Å². The number of carbonyl (C=O) groups is 2. The summed E-state index contributed by atoms with van der Waals surface area (Å²) in [5, 5.41) is 5.94. The van der Waals surface area contributed by atoms with Crippen LogP contribution < -0.4 is 10.6 Å². The van der Waals surface area contributed by atoms with Crippen molar-refractivity contribution < 1.29 is 14.0 Å². The van der Waals surface area contributed by atoms with Crippen LogP contribution in [0.3, 0.4) is 0 Å². The number of hydrogen-bond acceptors (Lipinski definition) is 3. The van der Waals surface area contributed by atoms with Gasteiger partial charge in [0.1, 0.15) is 18.2 Å². The van der Waals surface area contributed by atoms with E-state index < -0.39 is 11.9 Å². The maximum absolute atomic E-state index is 13.4. The first-order chi connectivity index (χ1) is 15.4. The lowest BCUT2D eigenvalue weighted by Gasteiger charge is -2.17. The summed E-state index contributed by atoms with van der Waals surface area (Å²) in [6.45, 7) is 1.73. The van der Waals surface area contributed by atoms with E-state index in [-0.39, 0.29) is 18.4 Å². The molecular formula is C24H20ClFN4O2. The van der Waals surface area contributed by atoms with Crippen molar-refractivity contribution in [2.45, 2.75) is 19.5 Å². The molecule has 32 heavy (non-hydrogen) atoms. The minimum absolute atomic E-state index is 0.0569. The molecule has 4 rings (SSSR count). The fourth-order valence-corrected chi connectivity index (χ4v) is 3.71. The third-order valence-corrected chi connectivity index (χ3v) is 5.28. The fourth-order valence-electron chi connectivity index (χ4n) is 3.49. The minimum Gasteiger partial charge on any atom is -0.342 e. The SMILES string of the molecule is CC(NC(=O)c1ccccc1Cl)c1nc2ccccc2n1CC(=O)Nc1cccc(F)c1. The second kappa shape index (κ2) is 9.20. The normalized spacial score (nSPS) is 11.8. The molecule has 0 bridgehead atoms. The summed E-state index contributed by atoms with van der Waals surface area (Å²) in [6, 6.07) is 19.3. The van der Waals surface area contributed by atoms with Crippen LogP contribution in [0.25, 0.3) is 11.0 Å². The summed E-state index contributed by atoms with van der Waals surface area (Å²) in [4.78, 5) is 30.1. The number of fused-ring (bicyclic) bond motifs is 1. The minimum atomic E-state index is -0.506. The number of carbonyl (C=O) groups excluding carboxylic acids is 2. The topological polar surface area (TPSA) is 76.0 Å². The molecule has 0 saturated carbocycles. The molecule has 8 heteroatoms. The summed E-state index contributed by atoms with van der Waals surface area (Å²) in [5.41, 5.74) is 2.16. The van der Waals surface area contributed by atoms with E-state index in [9.17, 15) is 14.0 Å². The summed E-state index contributed by atoms with van der Waals surface area (Å²) in [5.74, 6) is -0.607. The van der Waals surface area contributed by atoms with Gasteiger partial charge < -0.3 is 15.2 Å². The zero-order valence-corrected chi connectivity index (χ0v) is 17.9. The lowest BCUT2D eigenvalue weighted by atomic mass is 10.2. The van der Waals surface area contributed by atoms with E-state index in [2.05, 4.69) is 15.6 Å². The summed E-state index contributed by atoms with van der Waals surface area (Å²) in [6.07, 6.45) is 0. The highest BCUT2D eigenvalue weighted by Gasteiger charge is 2.21. The van der Waals surface area contributed by atoms with E-state index in [1.54, 1.807) is 41.8 Å². The fraction of sp³-hybridized carbons (Fsp3) is 0.125. The molecule has 0 saturated heterocycles. The van der Waals surface area contributed by atoms with Crippen LogP contribution in [0.4, 0.5) is 10.1 Å². The van der Waals surface area contributed by atoms with Gasteiger partial charge in [-0.15, -0.1) is 0 Å². The third kappa shape index (κ3) is 4.63. The van der Waals surface area contributed by atoms with E-state index in [0.29, 0.717) is 27.6 Å². The van der Waals surface area contributed by atoms with Gasteiger partial charge in [0.2, 0.25) is 5.91 Å². The van der Waals surface area contributed by atoms with Crippen molar-refractivity contribution in [3.8, 4) is 0 Å². The number of nitrogens with one attached hydrogen (secondary N) is 2. The van der Waals surface area contributed by atoms with Gasteiger partial charge in [-0.1, -0.05) is 41.9 Å². The van der Waals surface area contributed by atoms with Gasteiger partial charge in [0.15, 0.2) is 0 Å². The summed E-state index contributed by atoms with van der Waals surface area (Å²) < 4.78 is 15.2. The molecule has 2 amide bonds. The van der Waals surface area contributed by atoms with Gasteiger partial charge in [-0.3, -0.25) is 9.59 Å². The second-order valence-corrected chi connectivity index (χ2v) is 7.69. The molecule has 1 heterocycles.